The van der Waals surface area contributed by atoms with Gasteiger partial charge in [-0.15, -0.1) is 11.3 Å². The topological polar surface area (TPSA) is 68.8 Å². The first kappa shape index (κ1) is 19.0. The molecule has 0 aliphatic heterocycles. The molecule has 8 heteroatoms. The van der Waals surface area contributed by atoms with E-state index in [4.69, 9.17) is 26.4 Å². The quantitative estimate of drug-likeness (QED) is 0.601. The van der Waals surface area contributed by atoms with Crippen LogP contribution in [0.1, 0.15) is 20.8 Å². The van der Waals surface area contributed by atoms with E-state index in [1.54, 1.807) is 26.4 Å². The zero-order valence-corrected chi connectivity index (χ0v) is 16.3. The Labute approximate surface area is 156 Å². The number of hydrogen-bond donors (Lipinski definition) is 2. The monoisotopic (exact) mass is 380 g/mol. The standard InChI is InChI=1S/C17H20N2O4S2/c1-9-10(2)25-15(14(9)16(20)23-5)19-17(24)18-11-6-7-12(21-3)13(8-11)22-4/h6-8H,1-5H3,(H2,18,19,24). The number of methoxy groups -OCH3 is 3. The Morgan fingerprint density at radius 3 is 2.36 bits per heavy atom. The average molecular weight is 380 g/mol. The van der Waals surface area contributed by atoms with Crippen LogP contribution in [0.4, 0.5) is 10.7 Å². The van der Waals surface area contributed by atoms with Crippen LogP contribution in [0.15, 0.2) is 18.2 Å². The highest BCUT2D eigenvalue weighted by molar-refractivity contribution is 7.80. The van der Waals surface area contributed by atoms with Crippen LogP contribution in [0.5, 0.6) is 11.5 Å². The molecule has 25 heavy (non-hydrogen) atoms. The molecule has 0 spiro atoms. The fraction of sp³-hybridized carbons (Fsp3) is 0.294. The number of anilines is 2. The molecule has 0 aliphatic rings. The number of carbonyl (C=O) groups excluding carboxylic acids is 1. The van der Waals surface area contributed by atoms with Crippen molar-refractivity contribution in [3.05, 3.63) is 34.2 Å². The van der Waals surface area contributed by atoms with E-state index >= 15 is 0 Å². The third-order valence-corrected chi connectivity index (χ3v) is 4.97. The molecule has 1 aromatic carbocycles. The number of carbonyl (C=O) groups is 1. The molecule has 6 nitrogen and oxygen atoms in total. The Morgan fingerprint density at radius 2 is 1.76 bits per heavy atom. The summed E-state index contributed by atoms with van der Waals surface area (Å²) >= 11 is 6.81. The molecule has 0 aliphatic carbocycles. The number of thiophene rings is 1. The maximum Gasteiger partial charge on any atom is 0.341 e. The van der Waals surface area contributed by atoms with E-state index in [1.165, 1.54) is 18.4 Å². The van der Waals surface area contributed by atoms with Gasteiger partial charge in [0.25, 0.3) is 0 Å². The highest BCUT2D eigenvalue weighted by Gasteiger charge is 2.20. The van der Waals surface area contributed by atoms with Crippen molar-refractivity contribution >= 4 is 45.3 Å². The number of rotatable bonds is 5. The second-order valence-electron chi connectivity index (χ2n) is 5.13. The number of benzene rings is 1. The highest BCUT2D eigenvalue weighted by Crippen LogP contribution is 2.33. The minimum atomic E-state index is -0.390. The van der Waals surface area contributed by atoms with Crippen LogP contribution < -0.4 is 20.1 Å². The molecule has 1 heterocycles. The molecular weight excluding hydrogens is 360 g/mol. The second-order valence-corrected chi connectivity index (χ2v) is 6.76. The molecule has 2 rings (SSSR count). The van der Waals surface area contributed by atoms with E-state index in [2.05, 4.69) is 10.6 Å². The normalized spacial score (nSPS) is 10.1. The van der Waals surface area contributed by atoms with E-state index in [-0.39, 0.29) is 0 Å². The van der Waals surface area contributed by atoms with E-state index in [1.807, 2.05) is 19.9 Å². The fourth-order valence-corrected chi connectivity index (χ4v) is 3.58. The first-order chi connectivity index (χ1) is 11.9. The van der Waals surface area contributed by atoms with Crippen molar-refractivity contribution in [2.24, 2.45) is 0 Å². The van der Waals surface area contributed by atoms with Gasteiger partial charge in [-0.05, 0) is 43.8 Å². The predicted octanol–water partition coefficient (Wildman–Crippen LogP) is 3.98. The van der Waals surface area contributed by atoms with Crippen molar-refractivity contribution in [1.82, 2.24) is 0 Å². The molecule has 0 saturated heterocycles. The van der Waals surface area contributed by atoms with Gasteiger partial charge in [0.1, 0.15) is 5.00 Å². The third kappa shape index (κ3) is 4.21. The number of ether oxygens (including phenoxy) is 3. The largest absolute Gasteiger partial charge is 0.493 e. The summed E-state index contributed by atoms with van der Waals surface area (Å²) in [6.45, 7) is 3.83. The van der Waals surface area contributed by atoms with Crippen molar-refractivity contribution in [2.75, 3.05) is 32.0 Å². The van der Waals surface area contributed by atoms with E-state index < -0.39 is 5.97 Å². The molecule has 0 radical (unpaired) electrons. The minimum Gasteiger partial charge on any atom is -0.493 e. The van der Waals surface area contributed by atoms with Gasteiger partial charge in [0.2, 0.25) is 0 Å². The molecule has 0 saturated carbocycles. The van der Waals surface area contributed by atoms with Crippen molar-refractivity contribution in [3.63, 3.8) is 0 Å². The minimum absolute atomic E-state index is 0.360. The molecule has 2 N–H and O–H groups in total. The van der Waals surface area contributed by atoms with Gasteiger partial charge < -0.3 is 24.8 Å². The summed E-state index contributed by atoms with van der Waals surface area (Å²) in [5.74, 6) is 0.830. The number of nitrogens with one attached hydrogen (secondary N) is 2. The van der Waals surface area contributed by atoms with Gasteiger partial charge in [0.15, 0.2) is 16.6 Å². The SMILES string of the molecule is COC(=O)c1c(NC(=S)Nc2ccc(OC)c(OC)c2)sc(C)c1C. The molecule has 134 valence electrons. The van der Waals surface area contributed by atoms with Crippen molar-refractivity contribution in [3.8, 4) is 11.5 Å². The van der Waals surface area contributed by atoms with E-state index in [0.29, 0.717) is 27.2 Å². The number of esters is 1. The average Bonchev–Trinajstić information content (AvgIpc) is 2.87. The van der Waals surface area contributed by atoms with Crippen LogP contribution in [0.25, 0.3) is 0 Å². The predicted molar refractivity (Wildman–Crippen MR) is 105 cm³/mol. The van der Waals surface area contributed by atoms with E-state index in [0.717, 1.165) is 16.1 Å². The molecular formula is C17H20N2O4S2. The summed E-state index contributed by atoms with van der Waals surface area (Å²) in [6.07, 6.45) is 0. The van der Waals surface area contributed by atoms with Crippen molar-refractivity contribution in [2.45, 2.75) is 13.8 Å². The summed E-state index contributed by atoms with van der Waals surface area (Å²) in [4.78, 5) is 13.0. The lowest BCUT2D eigenvalue weighted by molar-refractivity contribution is 0.0601. The summed E-state index contributed by atoms with van der Waals surface area (Å²) in [7, 11) is 4.50. The Kier molecular flexibility index (Phi) is 6.22. The van der Waals surface area contributed by atoms with Crippen LogP contribution in [-0.4, -0.2) is 32.4 Å². The van der Waals surface area contributed by atoms with Crippen LogP contribution in [0.2, 0.25) is 0 Å². The lowest BCUT2D eigenvalue weighted by Crippen LogP contribution is -2.20. The third-order valence-electron chi connectivity index (χ3n) is 3.64. The summed E-state index contributed by atoms with van der Waals surface area (Å²) < 4.78 is 15.3. The van der Waals surface area contributed by atoms with Gasteiger partial charge in [0.05, 0.1) is 26.9 Å². The Balaban J connectivity index is 2.19. The van der Waals surface area contributed by atoms with Crippen LogP contribution in [-0.2, 0) is 4.74 Å². The summed E-state index contributed by atoms with van der Waals surface area (Å²) in [5.41, 5.74) is 2.12. The molecule has 1 aromatic heterocycles. The lowest BCUT2D eigenvalue weighted by Gasteiger charge is -2.13. The first-order valence-electron chi connectivity index (χ1n) is 7.39. The fourth-order valence-electron chi connectivity index (χ4n) is 2.24. The molecule has 0 amide bonds. The van der Waals surface area contributed by atoms with Crippen LogP contribution in [0, 0.1) is 13.8 Å². The molecule has 0 unspecified atom stereocenters. The first-order valence-corrected chi connectivity index (χ1v) is 8.62. The molecule has 0 fully saturated rings. The van der Waals surface area contributed by atoms with Gasteiger partial charge in [-0.1, -0.05) is 0 Å². The molecule has 0 atom stereocenters. The van der Waals surface area contributed by atoms with Gasteiger partial charge in [0, 0.05) is 16.6 Å². The molecule has 2 aromatic rings. The van der Waals surface area contributed by atoms with Gasteiger partial charge in [-0.3, -0.25) is 0 Å². The smallest absolute Gasteiger partial charge is 0.341 e. The zero-order valence-electron chi connectivity index (χ0n) is 14.7. The number of hydrogen-bond acceptors (Lipinski definition) is 6. The van der Waals surface area contributed by atoms with E-state index in [9.17, 15) is 4.79 Å². The van der Waals surface area contributed by atoms with Crippen LogP contribution in [0.3, 0.4) is 0 Å². The second kappa shape index (κ2) is 8.17. The lowest BCUT2D eigenvalue weighted by atomic mass is 10.1. The number of thiocarbonyl (C=S) groups is 1. The van der Waals surface area contributed by atoms with Crippen molar-refractivity contribution in [1.29, 1.82) is 0 Å². The van der Waals surface area contributed by atoms with Gasteiger partial charge in [-0.25, -0.2) is 4.79 Å². The Hall–Kier alpha value is -2.32. The van der Waals surface area contributed by atoms with Crippen LogP contribution >= 0.6 is 23.6 Å². The Bertz CT molecular complexity index is 802. The maximum atomic E-state index is 12.0. The summed E-state index contributed by atoms with van der Waals surface area (Å²) in [5, 5.41) is 7.15. The number of aryl methyl sites for hydroxylation is 1. The Morgan fingerprint density at radius 1 is 1.08 bits per heavy atom. The molecule has 0 bridgehead atoms. The highest BCUT2D eigenvalue weighted by atomic mass is 32.1. The van der Waals surface area contributed by atoms with Crippen molar-refractivity contribution < 1.29 is 19.0 Å². The van der Waals surface area contributed by atoms with Gasteiger partial charge in [-0.2, -0.15) is 0 Å². The summed E-state index contributed by atoms with van der Waals surface area (Å²) in [6, 6.07) is 5.38. The maximum absolute atomic E-state index is 12.0. The zero-order chi connectivity index (χ0) is 18.6. The van der Waals surface area contributed by atoms with Gasteiger partial charge >= 0.3 is 5.97 Å².